The number of aryl methyl sites for hydroxylation is 1. The fourth-order valence-corrected chi connectivity index (χ4v) is 2.54. The lowest BCUT2D eigenvalue weighted by atomic mass is 10.0. The second-order valence-corrected chi connectivity index (χ2v) is 4.49. The van der Waals surface area contributed by atoms with Gasteiger partial charge in [0, 0.05) is 36.7 Å². The number of hydrogen-bond donors (Lipinski definition) is 1. The van der Waals surface area contributed by atoms with Gasteiger partial charge in [0.25, 0.3) is 0 Å². The van der Waals surface area contributed by atoms with Crippen molar-refractivity contribution in [1.29, 1.82) is 0 Å². The van der Waals surface area contributed by atoms with Crippen molar-refractivity contribution in [2.24, 2.45) is 0 Å². The highest BCUT2D eigenvalue weighted by atomic mass is 19.1. The highest BCUT2D eigenvalue weighted by Crippen LogP contribution is 2.35. The van der Waals surface area contributed by atoms with E-state index in [2.05, 4.69) is 16.4 Å². The summed E-state index contributed by atoms with van der Waals surface area (Å²) in [6.45, 7) is 3.62. The van der Waals surface area contributed by atoms with Crippen LogP contribution in [0.4, 0.5) is 10.1 Å². The Kier molecular flexibility index (Phi) is 2.78. The maximum absolute atomic E-state index is 14.7. The van der Waals surface area contributed by atoms with E-state index >= 15 is 0 Å². The average molecular weight is 245 g/mol. The number of halogens is 1. The monoisotopic (exact) mass is 245 g/mol. The van der Waals surface area contributed by atoms with Gasteiger partial charge in [-0.1, -0.05) is 18.2 Å². The van der Waals surface area contributed by atoms with E-state index < -0.39 is 6.17 Å². The highest BCUT2D eigenvalue weighted by molar-refractivity contribution is 5.62. The van der Waals surface area contributed by atoms with Crippen LogP contribution in [0.5, 0.6) is 0 Å². The SMILES string of the molecule is CCn1ccnc1C(F)c1cccc2c1NCC2. The number of nitrogens with one attached hydrogen (secondary N) is 1. The number of hydrogen-bond acceptors (Lipinski definition) is 2. The van der Waals surface area contributed by atoms with Gasteiger partial charge in [0.05, 0.1) is 0 Å². The first-order valence-electron chi connectivity index (χ1n) is 6.32. The summed E-state index contributed by atoms with van der Waals surface area (Å²) in [6.07, 6.45) is 3.28. The first-order chi connectivity index (χ1) is 8.81. The topological polar surface area (TPSA) is 29.9 Å². The second-order valence-electron chi connectivity index (χ2n) is 4.49. The van der Waals surface area contributed by atoms with Gasteiger partial charge < -0.3 is 9.88 Å². The molecule has 0 saturated heterocycles. The minimum Gasteiger partial charge on any atom is -0.384 e. The fraction of sp³-hybridized carbons (Fsp3) is 0.357. The van der Waals surface area contributed by atoms with Crippen LogP contribution in [-0.4, -0.2) is 16.1 Å². The van der Waals surface area contributed by atoms with E-state index in [9.17, 15) is 4.39 Å². The third-order valence-electron chi connectivity index (χ3n) is 3.47. The summed E-state index contributed by atoms with van der Waals surface area (Å²) in [5.41, 5.74) is 2.85. The van der Waals surface area contributed by atoms with E-state index in [4.69, 9.17) is 0 Å². The van der Waals surface area contributed by atoms with Crippen LogP contribution in [0.15, 0.2) is 30.6 Å². The van der Waals surface area contributed by atoms with Gasteiger partial charge in [-0.3, -0.25) is 0 Å². The van der Waals surface area contributed by atoms with Gasteiger partial charge in [0.2, 0.25) is 0 Å². The third-order valence-corrected chi connectivity index (χ3v) is 3.47. The molecule has 18 heavy (non-hydrogen) atoms. The Morgan fingerprint density at radius 1 is 1.50 bits per heavy atom. The Labute approximate surface area is 106 Å². The Morgan fingerprint density at radius 2 is 2.39 bits per heavy atom. The molecule has 2 aromatic rings. The van der Waals surface area contributed by atoms with Gasteiger partial charge in [0.15, 0.2) is 6.17 Å². The number of imidazole rings is 1. The zero-order chi connectivity index (χ0) is 12.5. The van der Waals surface area contributed by atoms with Crippen molar-refractivity contribution in [2.75, 3.05) is 11.9 Å². The molecule has 1 aliphatic rings. The minimum absolute atomic E-state index is 0.486. The summed E-state index contributed by atoms with van der Waals surface area (Å²) in [5, 5.41) is 3.27. The maximum Gasteiger partial charge on any atom is 0.185 e. The Morgan fingerprint density at radius 3 is 3.22 bits per heavy atom. The van der Waals surface area contributed by atoms with Crippen LogP contribution < -0.4 is 5.32 Å². The van der Waals surface area contributed by atoms with Crippen LogP contribution in [0.2, 0.25) is 0 Å². The smallest absolute Gasteiger partial charge is 0.185 e. The van der Waals surface area contributed by atoms with E-state index in [1.54, 1.807) is 6.20 Å². The molecule has 1 aromatic heterocycles. The van der Waals surface area contributed by atoms with Crippen LogP contribution in [0.25, 0.3) is 0 Å². The normalized spacial score (nSPS) is 15.2. The van der Waals surface area contributed by atoms with Crippen molar-refractivity contribution < 1.29 is 4.39 Å². The maximum atomic E-state index is 14.7. The molecular weight excluding hydrogens is 229 g/mol. The van der Waals surface area contributed by atoms with Gasteiger partial charge in [-0.15, -0.1) is 0 Å². The molecule has 1 aliphatic heterocycles. The largest absolute Gasteiger partial charge is 0.384 e. The number of benzene rings is 1. The predicted molar refractivity (Wildman–Crippen MR) is 69.5 cm³/mol. The van der Waals surface area contributed by atoms with Crippen LogP contribution in [0.3, 0.4) is 0 Å². The highest BCUT2D eigenvalue weighted by Gasteiger charge is 2.24. The molecule has 1 atom stereocenters. The molecule has 4 heteroatoms. The van der Waals surface area contributed by atoms with Gasteiger partial charge in [-0.2, -0.15) is 0 Å². The molecule has 3 rings (SSSR count). The summed E-state index contributed by atoms with van der Waals surface area (Å²) in [4.78, 5) is 4.15. The molecule has 1 unspecified atom stereocenters. The molecule has 0 aliphatic carbocycles. The number of nitrogens with zero attached hydrogens (tertiary/aromatic N) is 2. The van der Waals surface area contributed by atoms with Crippen LogP contribution >= 0.6 is 0 Å². The van der Waals surface area contributed by atoms with Crippen molar-refractivity contribution in [1.82, 2.24) is 9.55 Å². The number of alkyl halides is 1. The standard InChI is InChI=1S/C14H16FN3/c1-2-18-9-8-17-14(18)12(15)11-5-3-4-10-6-7-16-13(10)11/h3-5,8-9,12,16H,2,6-7H2,1H3. The Bertz CT molecular complexity index is 562. The number of anilines is 1. The first kappa shape index (κ1) is 11.3. The van der Waals surface area contributed by atoms with E-state index in [0.29, 0.717) is 11.4 Å². The number of para-hydroxylation sites is 1. The average Bonchev–Trinajstić information content (AvgIpc) is 3.05. The lowest BCUT2D eigenvalue weighted by Gasteiger charge is -2.14. The number of aromatic nitrogens is 2. The fourth-order valence-electron chi connectivity index (χ4n) is 2.54. The van der Waals surface area contributed by atoms with Crippen LogP contribution in [0, 0.1) is 0 Å². The summed E-state index contributed by atoms with van der Waals surface area (Å²) in [7, 11) is 0. The molecule has 1 aromatic carbocycles. The Balaban J connectivity index is 2.03. The van der Waals surface area contributed by atoms with Crippen LogP contribution in [-0.2, 0) is 13.0 Å². The molecule has 94 valence electrons. The quantitative estimate of drug-likeness (QED) is 0.901. The second kappa shape index (κ2) is 4.44. The molecule has 0 bridgehead atoms. The predicted octanol–water partition coefficient (Wildman–Crippen LogP) is 2.93. The lowest BCUT2D eigenvalue weighted by molar-refractivity contribution is 0.372. The van der Waals surface area contributed by atoms with Crippen molar-refractivity contribution >= 4 is 5.69 Å². The van der Waals surface area contributed by atoms with Gasteiger partial charge in [-0.25, -0.2) is 9.37 Å². The van der Waals surface area contributed by atoms with Crippen molar-refractivity contribution in [2.45, 2.75) is 26.1 Å². The van der Waals surface area contributed by atoms with Crippen molar-refractivity contribution in [3.05, 3.63) is 47.5 Å². The first-order valence-corrected chi connectivity index (χ1v) is 6.32. The number of fused-ring (bicyclic) bond motifs is 1. The van der Waals surface area contributed by atoms with E-state index in [1.807, 2.05) is 29.8 Å². The summed E-state index contributed by atoms with van der Waals surface area (Å²) >= 11 is 0. The molecule has 2 heterocycles. The van der Waals surface area contributed by atoms with Gasteiger partial charge in [0.1, 0.15) is 5.82 Å². The third kappa shape index (κ3) is 1.68. The van der Waals surface area contributed by atoms with Crippen LogP contribution in [0.1, 0.15) is 30.0 Å². The minimum atomic E-state index is -1.17. The van der Waals surface area contributed by atoms with E-state index in [1.165, 1.54) is 5.56 Å². The zero-order valence-corrected chi connectivity index (χ0v) is 10.4. The molecule has 0 saturated carbocycles. The van der Waals surface area contributed by atoms with Crippen molar-refractivity contribution in [3.8, 4) is 0 Å². The number of rotatable bonds is 3. The van der Waals surface area contributed by atoms with E-state index in [0.717, 1.165) is 25.2 Å². The Hall–Kier alpha value is -1.84. The summed E-state index contributed by atoms with van der Waals surface area (Å²) < 4.78 is 16.5. The van der Waals surface area contributed by atoms with Gasteiger partial charge >= 0.3 is 0 Å². The summed E-state index contributed by atoms with van der Waals surface area (Å²) in [6, 6.07) is 5.82. The summed E-state index contributed by atoms with van der Waals surface area (Å²) in [5.74, 6) is 0.486. The van der Waals surface area contributed by atoms with Gasteiger partial charge in [-0.05, 0) is 18.9 Å². The molecule has 0 radical (unpaired) electrons. The molecular formula is C14H16FN3. The van der Waals surface area contributed by atoms with E-state index in [-0.39, 0.29) is 0 Å². The molecule has 0 amide bonds. The zero-order valence-electron chi connectivity index (χ0n) is 10.4. The molecule has 3 nitrogen and oxygen atoms in total. The lowest BCUT2D eigenvalue weighted by Crippen LogP contribution is -2.07. The molecule has 0 spiro atoms. The molecule has 0 fully saturated rings. The van der Waals surface area contributed by atoms with Crippen molar-refractivity contribution in [3.63, 3.8) is 0 Å². The molecule has 1 N–H and O–H groups in total.